The van der Waals surface area contributed by atoms with Gasteiger partial charge in [-0.05, 0) is 45.4 Å². The fraction of sp³-hybridized carbons (Fsp3) is 0.385. The number of thiazole rings is 1. The number of anilines is 1. The molecular weight excluding hydrogens is 610 g/mol. The molecule has 0 radical (unpaired) electrons. The number of para-hydroxylation sites is 1. The summed E-state index contributed by atoms with van der Waals surface area (Å²) in [5, 5.41) is 2.26. The summed E-state index contributed by atoms with van der Waals surface area (Å²) in [4.78, 5) is 66.5. The van der Waals surface area contributed by atoms with Gasteiger partial charge in [0.25, 0.3) is 5.91 Å². The molecule has 0 atom stereocenters. The molecule has 0 fully saturated rings. The van der Waals surface area contributed by atoms with Crippen LogP contribution in [0.25, 0.3) is 10.2 Å². The van der Waals surface area contributed by atoms with Crippen LogP contribution in [0.2, 0.25) is 0 Å². The zero-order valence-corrected chi connectivity index (χ0v) is 25.7. The number of carbonyl (C=O) groups excluding carboxylic acids is 5. The number of benzene rings is 1. The molecule has 2 amide bonds. The van der Waals surface area contributed by atoms with E-state index in [4.69, 9.17) is 14.2 Å². The highest BCUT2D eigenvalue weighted by atomic mass is 32.2. The summed E-state index contributed by atoms with van der Waals surface area (Å²) in [6, 6.07) is 6.99. The van der Waals surface area contributed by atoms with E-state index in [1.54, 1.807) is 45.0 Å². The molecule has 42 heavy (non-hydrogen) atoms. The monoisotopic (exact) mass is 639 g/mol. The Balaban J connectivity index is 1.82. The number of thiophene rings is 1. The maximum atomic E-state index is 12.8. The highest BCUT2D eigenvalue weighted by molar-refractivity contribution is 7.92. The first-order valence-electron chi connectivity index (χ1n) is 12.7. The van der Waals surface area contributed by atoms with E-state index < -0.39 is 51.1 Å². The Morgan fingerprint density at radius 2 is 1.55 bits per heavy atom. The molecule has 0 bridgehead atoms. The van der Waals surface area contributed by atoms with Crippen molar-refractivity contribution in [2.75, 3.05) is 36.6 Å². The standard InChI is InChI=1S/C26H29N3O10S3/c1-5-37-20(32)12-29-16-10-8-9-11-17(16)40-26(29)28-19(31)14-42(35,36)13-18(30)27-23-21(24(33)38-6-2)15(4)22(41-23)25(34)39-7-3/h8-11H,5-7,12-14H2,1-4H3,(H,27,30). The Kier molecular flexibility index (Phi) is 11.1. The molecule has 3 rings (SSSR count). The van der Waals surface area contributed by atoms with Crippen LogP contribution < -0.4 is 10.1 Å². The van der Waals surface area contributed by atoms with E-state index in [-0.39, 0.29) is 52.2 Å². The maximum Gasteiger partial charge on any atom is 0.348 e. The largest absolute Gasteiger partial charge is 0.465 e. The van der Waals surface area contributed by atoms with Gasteiger partial charge in [0.05, 0.1) is 35.6 Å². The maximum absolute atomic E-state index is 12.8. The molecule has 0 saturated heterocycles. The van der Waals surface area contributed by atoms with Crippen molar-refractivity contribution in [1.29, 1.82) is 0 Å². The molecule has 13 nitrogen and oxygen atoms in total. The fourth-order valence-electron chi connectivity index (χ4n) is 3.78. The molecule has 226 valence electrons. The molecule has 1 aromatic carbocycles. The number of esters is 3. The molecule has 2 aromatic heterocycles. The van der Waals surface area contributed by atoms with Gasteiger partial charge < -0.3 is 24.1 Å². The number of nitrogens with zero attached hydrogens (tertiary/aromatic N) is 2. The first kappa shape index (κ1) is 32.6. The van der Waals surface area contributed by atoms with Crippen LogP contribution in [-0.2, 0) is 45.0 Å². The van der Waals surface area contributed by atoms with E-state index in [9.17, 15) is 32.4 Å². The molecule has 0 aliphatic carbocycles. The van der Waals surface area contributed by atoms with Gasteiger partial charge in [-0.15, -0.1) is 11.3 Å². The van der Waals surface area contributed by atoms with E-state index in [1.807, 2.05) is 0 Å². The lowest BCUT2D eigenvalue weighted by molar-refractivity contribution is -0.143. The van der Waals surface area contributed by atoms with E-state index in [0.717, 1.165) is 22.7 Å². The number of rotatable bonds is 12. The van der Waals surface area contributed by atoms with Crippen LogP contribution in [0, 0.1) is 6.92 Å². The first-order chi connectivity index (χ1) is 19.9. The average molecular weight is 640 g/mol. The van der Waals surface area contributed by atoms with Crippen LogP contribution in [0.3, 0.4) is 0 Å². The van der Waals surface area contributed by atoms with Gasteiger partial charge in [-0.1, -0.05) is 23.5 Å². The van der Waals surface area contributed by atoms with Crippen LogP contribution in [-0.4, -0.2) is 74.0 Å². The lowest BCUT2D eigenvalue weighted by Crippen LogP contribution is -2.29. The van der Waals surface area contributed by atoms with Crippen molar-refractivity contribution in [3.63, 3.8) is 0 Å². The fourth-order valence-corrected chi connectivity index (χ4v) is 6.94. The van der Waals surface area contributed by atoms with E-state index in [0.29, 0.717) is 10.2 Å². The third-order valence-electron chi connectivity index (χ3n) is 5.44. The number of aromatic nitrogens is 1. The molecule has 0 unspecified atom stereocenters. The Hall–Kier alpha value is -3.89. The average Bonchev–Trinajstić information content (AvgIpc) is 3.40. The number of sulfone groups is 1. The van der Waals surface area contributed by atoms with Crippen molar-refractivity contribution in [3.05, 3.63) is 45.1 Å². The van der Waals surface area contributed by atoms with Gasteiger partial charge in [0.15, 0.2) is 14.6 Å². The van der Waals surface area contributed by atoms with Gasteiger partial charge in [-0.3, -0.25) is 14.4 Å². The summed E-state index contributed by atoms with van der Waals surface area (Å²) < 4.78 is 42.7. The zero-order chi connectivity index (χ0) is 31.0. The van der Waals surface area contributed by atoms with Crippen LogP contribution in [0.15, 0.2) is 29.3 Å². The van der Waals surface area contributed by atoms with E-state index in [1.165, 1.54) is 11.5 Å². The Labute approximate surface area is 249 Å². The summed E-state index contributed by atoms with van der Waals surface area (Å²) in [7, 11) is -4.32. The summed E-state index contributed by atoms with van der Waals surface area (Å²) in [6.45, 7) is 6.33. The van der Waals surface area contributed by atoms with Gasteiger partial charge in [0.1, 0.15) is 27.9 Å². The van der Waals surface area contributed by atoms with Gasteiger partial charge >= 0.3 is 17.9 Å². The van der Waals surface area contributed by atoms with Gasteiger partial charge in [-0.25, -0.2) is 18.0 Å². The lowest BCUT2D eigenvalue weighted by atomic mass is 10.1. The SMILES string of the molecule is CCOC(=O)Cn1c(=NC(=O)CS(=O)(=O)CC(=O)Nc2sc(C(=O)OCC)c(C)c2C(=O)OCC)sc2ccccc21. The second-order valence-corrected chi connectivity index (χ2v) is 12.6. The predicted molar refractivity (Wildman–Crippen MR) is 155 cm³/mol. The van der Waals surface area contributed by atoms with Crippen LogP contribution in [0.5, 0.6) is 0 Å². The molecule has 1 N–H and O–H groups in total. The summed E-state index contributed by atoms with van der Waals surface area (Å²) in [6.07, 6.45) is 0. The van der Waals surface area contributed by atoms with Gasteiger partial charge in [-0.2, -0.15) is 4.99 Å². The third kappa shape index (κ3) is 8.10. The normalized spacial score (nSPS) is 11.8. The van der Waals surface area contributed by atoms with Crippen molar-refractivity contribution in [2.45, 2.75) is 34.2 Å². The molecule has 0 aliphatic heterocycles. The molecule has 2 heterocycles. The van der Waals surface area contributed by atoms with Crippen molar-refractivity contribution < 1.29 is 46.6 Å². The Morgan fingerprint density at radius 3 is 2.21 bits per heavy atom. The quantitative estimate of drug-likeness (QED) is 0.229. The molecular formula is C26H29N3O10S3. The highest BCUT2D eigenvalue weighted by Crippen LogP contribution is 2.34. The lowest BCUT2D eigenvalue weighted by Gasteiger charge is -2.07. The minimum absolute atomic E-state index is 0.0236. The van der Waals surface area contributed by atoms with Crippen molar-refractivity contribution in [1.82, 2.24) is 4.57 Å². The van der Waals surface area contributed by atoms with E-state index in [2.05, 4.69) is 10.3 Å². The topological polar surface area (TPSA) is 176 Å². The van der Waals surface area contributed by atoms with Gasteiger partial charge in [0.2, 0.25) is 5.91 Å². The number of hydrogen-bond acceptors (Lipinski definition) is 12. The minimum Gasteiger partial charge on any atom is -0.465 e. The summed E-state index contributed by atoms with van der Waals surface area (Å²) in [5.74, 6) is -6.36. The van der Waals surface area contributed by atoms with Crippen LogP contribution in [0.4, 0.5) is 5.00 Å². The summed E-state index contributed by atoms with van der Waals surface area (Å²) >= 11 is 1.83. The molecule has 16 heteroatoms. The minimum atomic E-state index is -4.32. The van der Waals surface area contributed by atoms with Crippen molar-refractivity contribution in [3.8, 4) is 0 Å². The van der Waals surface area contributed by atoms with Crippen LogP contribution in [0.1, 0.15) is 46.4 Å². The zero-order valence-electron chi connectivity index (χ0n) is 23.3. The van der Waals surface area contributed by atoms with Gasteiger partial charge in [0, 0.05) is 0 Å². The number of carbonyl (C=O) groups is 5. The second-order valence-electron chi connectivity index (χ2n) is 8.53. The smallest absolute Gasteiger partial charge is 0.348 e. The number of ether oxygens (including phenoxy) is 3. The number of fused-ring (bicyclic) bond motifs is 1. The Bertz CT molecular complexity index is 1700. The van der Waals surface area contributed by atoms with Crippen LogP contribution >= 0.6 is 22.7 Å². The Morgan fingerprint density at radius 1 is 0.905 bits per heavy atom. The highest BCUT2D eigenvalue weighted by Gasteiger charge is 2.29. The van der Waals surface area contributed by atoms with Crippen molar-refractivity contribution >= 4 is 77.5 Å². The first-order valence-corrected chi connectivity index (χ1v) is 16.2. The van der Waals surface area contributed by atoms with E-state index >= 15 is 0 Å². The predicted octanol–water partition coefficient (Wildman–Crippen LogP) is 2.47. The number of amides is 2. The molecule has 0 spiro atoms. The second kappa shape index (κ2) is 14.3. The third-order valence-corrected chi connectivity index (χ3v) is 9.07. The number of hydrogen-bond donors (Lipinski definition) is 1. The molecule has 0 aliphatic rings. The molecule has 0 saturated carbocycles. The molecule has 3 aromatic rings. The van der Waals surface area contributed by atoms with Crippen molar-refractivity contribution in [2.24, 2.45) is 4.99 Å². The summed E-state index contributed by atoms with van der Waals surface area (Å²) in [5.41, 5.74) is 0.719. The number of nitrogens with one attached hydrogen (secondary N) is 1.